The van der Waals surface area contributed by atoms with Gasteiger partial charge in [-0.15, -0.1) is 11.3 Å². The Kier molecular flexibility index (Phi) is 3.36. The fourth-order valence-electron chi connectivity index (χ4n) is 1.54. The van der Waals surface area contributed by atoms with Crippen molar-refractivity contribution < 1.29 is 27.4 Å². The second-order valence-electron chi connectivity index (χ2n) is 3.53. The lowest BCUT2D eigenvalue weighted by Gasteiger charge is -2.09. The number of thiophene rings is 1. The standard InChI is InChI=1S/C11H8F3NO3S/c1-17-6-3-7(11(12,13)14)15-8-5(6)4-19-9(8)10(16)18-2/h3-4H,1-2H3. The highest BCUT2D eigenvalue weighted by molar-refractivity contribution is 7.13. The molecule has 0 N–H and O–H groups in total. The smallest absolute Gasteiger partial charge is 0.433 e. The summed E-state index contributed by atoms with van der Waals surface area (Å²) >= 11 is 0.960. The van der Waals surface area contributed by atoms with E-state index in [1.54, 1.807) is 0 Å². The van der Waals surface area contributed by atoms with E-state index >= 15 is 0 Å². The number of alkyl halides is 3. The van der Waals surface area contributed by atoms with Gasteiger partial charge in [-0.2, -0.15) is 13.2 Å². The molecule has 0 saturated carbocycles. The molecule has 2 aromatic heterocycles. The van der Waals surface area contributed by atoms with Crippen LogP contribution in [0, 0.1) is 0 Å². The number of methoxy groups -OCH3 is 2. The molecule has 2 heterocycles. The van der Waals surface area contributed by atoms with Crippen LogP contribution in [0.25, 0.3) is 10.9 Å². The highest BCUT2D eigenvalue weighted by Crippen LogP contribution is 2.37. The van der Waals surface area contributed by atoms with Gasteiger partial charge in [0, 0.05) is 11.4 Å². The number of ether oxygens (including phenoxy) is 2. The van der Waals surface area contributed by atoms with Gasteiger partial charge in [0.25, 0.3) is 0 Å². The number of esters is 1. The molecule has 0 saturated heterocycles. The molecule has 102 valence electrons. The van der Waals surface area contributed by atoms with E-state index < -0.39 is 17.8 Å². The topological polar surface area (TPSA) is 48.4 Å². The van der Waals surface area contributed by atoms with Crippen LogP contribution in [0.2, 0.25) is 0 Å². The zero-order chi connectivity index (χ0) is 14.2. The summed E-state index contributed by atoms with van der Waals surface area (Å²) in [6.07, 6.45) is -4.61. The highest BCUT2D eigenvalue weighted by Gasteiger charge is 2.34. The Morgan fingerprint density at radius 2 is 2.05 bits per heavy atom. The van der Waals surface area contributed by atoms with E-state index in [2.05, 4.69) is 9.72 Å². The van der Waals surface area contributed by atoms with E-state index in [-0.39, 0.29) is 16.1 Å². The first kappa shape index (κ1) is 13.6. The molecule has 2 rings (SSSR count). The van der Waals surface area contributed by atoms with Crippen LogP contribution < -0.4 is 4.74 Å². The van der Waals surface area contributed by atoms with Gasteiger partial charge >= 0.3 is 12.1 Å². The molecule has 0 aromatic carbocycles. The quantitative estimate of drug-likeness (QED) is 0.798. The Balaban J connectivity index is 2.74. The molecule has 0 bridgehead atoms. The van der Waals surface area contributed by atoms with Crippen molar-refractivity contribution in [3.8, 4) is 5.75 Å². The summed E-state index contributed by atoms with van der Waals surface area (Å²) in [5.74, 6) is -0.711. The predicted molar refractivity (Wildman–Crippen MR) is 62.5 cm³/mol. The Labute approximate surface area is 109 Å². The van der Waals surface area contributed by atoms with Crippen molar-refractivity contribution in [2.45, 2.75) is 6.18 Å². The predicted octanol–water partition coefficient (Wildman–Crippen LogP) is 3.11. The molecule has 0 amide bonds. The van der Waals surface area contributed by atoms with Gasteiger partial charge in [0.2, 0.25) is 0 Å². The summed E-state index contributed by atoms with van der Waals surface area (Å²) in [6.45, 7) is 0. The van der Waals surface area contributed by atoms with Crippen LogP contribution in [-0.4, -0.2) is 25.2 Å². The number of carbonyl (C=O) groups excluding carboxylic acids is 1. The summed E-state index contributed by atoms with van der Waals surface area (Å²) in [6, 6.07) is 0.802. The number of fused-ring (bicyclic) bond motifs is 1. The number of rotatable bonds is 2. The summed E-state index contributed by atoms with van der Waals surface area (Å²) in [4.78, 5) is 15.0. The lowest BCUT2D eigenvalue weighted by atomic mass is 10.2. The van der Waals surface area contributed by atoms with Gasteiger partial charge in [-0.3, -0.25) is 0 Å². The highest BCUT2D eigenvalue weighted by atomic mass is 32.1. The van der Waals surface area contributed by atoms with E-state index in [9.17, 15) is 18.0 Å². The summed E-state index contributed by atoms with van der Waals surface area (Å²) < 4.78 is 47.6. The molecule has 2 aromatic rings. The van der Waals surface area contributed by atoms with E-state index in [1.165, 1.54) is 12.5 Å². The molecule has 0 aliphatic heterocycles. The molecule has 0 atom stereocenters. The van der Waals surface area contributed by atoms with E-state index in [0.29, 0.717) is 5.39 Å². The second-order valence-corrected chi connectivity index (χ2v) is 4.41. The summed E-state index contributed by atoms with van der Waals surface area (Å²) in [5.41, 5.74) is -1.18. The average Bonchev–Trinajstić information content (AvgIpc) is 2.79. The lowest BCUT2D eigenvalue weighted by Crippen LogP contribution is -2.09. The molecule has 0 radical (unpaired) electrons. The van der Waals surface area contributed by atoms with Gasteiger partial charge < -0.3 is 9.47 Å². The third-order valence-corrected chi connectivity index (χ3v) is 3.36. The first-order valence-electron chi connectivity index (χ1n) is 5.00. The Morgan fingerprint density at radius 3 is 2.58 bits per heavy atom. The molecule has 0 aliphatic rings. The van der Waals surface area contributed by atoms with E-state index in [0.717, 1.165) is 24.5 Å². The van der Waals surface area contributed by atoms with Crippen LogP contribution in [0.3, 0.4) is 0 Å². The van der Waals surface area contributed by atoms with Crippen molar-refractivity contribution in [3.63, 3.8) is 0 Å². The third kappa shape index (κ3) is 2.35. The van der Waals surface area contributed by atoms with Gasteiger partial charge in [-0.1, -0.05) is 0 Å². The Bertz CT molecular complexity index is 636. The molecule has 0 spiro atoms. The monoisotopic (exact) mass is 291 g/mol. The summed E-state index contributed by atoms with van der Waals surface area (Å²) in [5, 5.41) is 1.86. The fourth-order valence-corrected chi connectivity index (χ4v) is 2.45. The minimum absolute atomic E-state index is 0.0156. The van der Waals surface area contributed by atoms with Gasteiger partial charge in [0.1, 0.15) is 21.8 Å². The summed E-state index contributed by atoms with van der Waals surface area (Å²) in [7, 11) is 2.41. The van der Waals surface area contributed by atoms with E-state index in [1.807, 2.05) is 0 Å². The number of nitrogens with zero attached hydrogens (tertiary/aromatic N) is 1. The minimum atomic E-state index is -4.61. The Morgan fingerprint density at radius 1 is 1.37 bits per heavy atom. The molecule has 4 nitrogen and oxygen atoms in total. The molecule has 19 heavy (non-hydrogen) atoms. The maximum absolute atomic E-state index is 12.7. The number of pyridine rings is 1. The zero-order valence-electron chi connectivity index (χ0n) is 9.87. The van der Waals surface area contributed by atoms with Crippen LogP contribution in [0.1, 0.15) is 15.4 Å². The minimum Gasteiger partial charge on any atom is -0.496 e. The maximum atomic E-state index is 12.7. The van der Waals surface area contributed by atoms with Gasteiger partial charge in [-0.25, -0.2) is 9.78 Å². The number of halogens is 3. The molecule has 0 fully saturated rings. The van der Waals surface area contributed by atoms with Crippen LogP contribution in [0.15, 0.2) is 11.4 Å². The second kappa shape index (κ2) is 4.69. The van der Waals surface area contributed by atoms with Crippen molar-refractivity contribution in [2.75, 3.05) is 14.2 Å². The third-order valence-electron chi connectivity index (χ3n) is 2.41. The van der Waals surface area contributed by atoms with Gasteiger partial charge in [0.05, 0.1) is 19.6 Å². The van der Waals surface area contributed by atoms with Crippen molar-refractivity contribution in [3.05, 3.63) is 22.0 Å². The number of carbonyl (C=O) groups is 1. The largest absolute Gasteiger partial charge is 0.496 e. The van der Waals surface area contributed by atoms with Crippen molar-refractivity contribution in [2.24, 2.45) is 0 Å². The van der Waals surface area contributed by atoms with Crippen molar-refractivity contribution in [1.82, 2.24) is 4.98 Å². The van der Waals surface area contributed by atoms with E-state index in [4.69, 9.17) is 4.74 Å². The number of hydrogen-bond acceptors (Lipinski definition) is 5. The van der Waals surface area contributed by atoms with Crippen molar-refractivity contribution in [1.29, 1.82) is 0 Å². The number of hydrogen-bond donors (Lipinski definition) is 0. The molecular weight excluding hydrogens is 283 g/mol. The van der Waals surface area contributed by atoms with Crippen LogP contribution in [0.4, 0.5) is 13.2 Å². The fraction of sp³-hybridized carbons (Fsp3) is 0.273. The SMILES string of the molecule is COC(=O)c1scc2c(OC)cc(C(F)(F)F)nc12. The van der Waals surface area contributed by atoms with Gasteiger partial charge in [-0.05, 0) is 0 Å². The zero-order valence-corrected chi connectivity index (χ0v) is 10.7. The van der Waals surface area contributed by atoms with Crippen molar-refractivity contribution >= 4 is 28.2 Å². The molecule has 8 heteroatoms. The first-order chi connectivity index (χ1) is 8.88. The molecular formula is C11H8F3NO3S. The maximum Gasteiger partial charge on any atom is 0.433 e. The van der Waals surface area contributed by atoms with Crippen LogP contribution in [-0.2, 0) is 10.9 Å². The van der Waals surface area contributed by atoms with Gasteiger partial charge in [0.15, 0.2) is 0 Å². The first-order valence-corrected chi connectivity index (χ1v) is 5.88. The average molecular weight is 291 g/mol. The molecule has 0 unspecified atom stereocenters. The Hall–Kier alpha value is -1.83. The van der Waals surface area contributed by atoms with Crippen LogP contribution >= 0.6 is 11.3 Å². The number of aromatic nitrogens is 1. The molecule has 0 aliphatic carbocycles. The normalized spacial score (nSPS) is 11.6. The lowest BCUT2D eigenvalue weighted by molar-refractivity contribution is -0.141. The van der Waals surface area contributed by atoms with Crippen LogP contribution in [0.5, 0.6) is 5.75 Å².